The van der Waals surface area contributed by atoms with Crippen LogP contribution in [0.3, 0.4) is 0 Å². The Morgan fingerprint density at radius 1 is 0.968 bits per heavy atom. The Bertz CT molecular complexity index is 1390. The summed E-state index contributed by atoms with van der Waals surface area (Å²) in [5.74, 6) is 0.914. The molecule has 0 saturated carbocycles. The molecule has 0 amide bonds. The Balaban J connectivity index is 1.31. The van der Waals surface area contributed by atoms with Gasteiger partial charge in [-0.05, 0) is 42.0 Å². The van der Waals surface area contributed by atoms with Gasteiger partial charge in [0.05, 0.1) is 35.0 Å². The fraction of sp³-hybridized carbons (Fsp3) is 0.120. The molecule has 6 heteroatoms. The molecular formula is C25H19N3O2S. The predicted octanol–water partition coefficient (Wildman–Crippen LogP) is 5.27. The molecule has 0 N–H and O–H groups in total. The van der Waals surface area contributed by atoms with Crippen LogP contribution >= 0.6 is 11.3 Å². The van der Waals surface area contributed by atoms with E-state index in [0.29, 0.717) is 12.8 Å². The highest BCUT2D eigenvalue weighted by molar-refractivity contribution is 7.18. The first-order chi connectivity index (χ1) is 15.2. The molecule has 3 aromatic heterocycles. The van der Waals surface area contributed by atoms with Gasteiger partial charge in [0.25, 0.3) is 0 Å². The topological polar surface area (TPSA) is 65.0 Å². The smallest absolute Gasteiger partial charge is 0.144 e. The number of fused-ring (bicyclic) bond motifs is 2. The summed E-state index contributed by atoms with van der Waals surface area (Å²) < 4.78 is 6.28. The standard InChI is InChI=1S/C25H19N3O2S/c1-30-18-7-9-23-24(14-18)31-25(28-23)13-17(29)12-16-6-8-22(27-15-16)20-10-11-26-21-5-3-2-4-19(20)21/h2-11,14-15H,12-13H2,1H3. The van der Waals surface area contributed by atoms with Gasteiger partial charge in [-0.15, -0.1) is 11.3 Å². The molecule has 31 heavy (non-hydrogen) atoms. The number of hydrogen-bond donors (Lipinski definition) is 0. The third kappa shape index (κ3) is 4.02. The number of benzene rings is 2. The quantitative estimate of drug-likeness (QED) is 0.371. The molecule has 0 fully saturated rings. The van der Waals surface area contributed by atoms with Crippen LogP contribution in [-0.4, -0.2) is 27.8 Å². The van der Waals surface area contributed by atoms with Gasteiger partial charge in [-0.2, -0.15) is 0 Å². The number of thiazole rings is 1. The van der Waals surface area contributed by atoms with Crippen molar-refractivity contribution < 1.29 is 9.53 Å². The zero-order valence-corrected chi connectivity index (χ0v) is 17.7. The lowest BCUT2D eigenvalue weighted by Gasteiger charge is -2.06. The minimum absolute atomic E-state index is 0.120. The van der Waals surface area contributed by atoms with E-state index in [1.165, 1.54) is 11.3 Å². The average Bonchev–Trinajstić information content (AvgIpc) is 3.20. The van der Waals surface area contributed by atoms with Gasteiger partial charge in [0, 0.05) is 29.8 Å². The van der Waals surface area contributed by atoms with Crippen molar-refractivity contribution >= 4 is 38.2 Å². The van der Waals surface area contributed by atoms with Crippen LogP contribution in [0.5, 0.6) is 5.75 Å². The fourth-order valence-corrected chi connectivity index (χ4v) is 4.65. The summed E-state index contributed by atoms with van der Waals surface area (Å²) in [6.45, 7) is 0. The third-order valence-electron chi connectivity index (χ3n) is 5.14. The number of nitrogens with zero attached hydrogens (tertiary/aromatic N) is 3. The molecule has 0 radical (unpaired) electrons. The van der Waals surface area contributed by atoms with Crippen LogP contribution in [-0.2, 0) is 17.6 Å². The Kier molecular flexibility index (Phi) is 5.14. The second-order valence-corrected chi connectivity index (χ2v) is 8.38. The van der Waals surface area contributed by atoms with E-state index in [1.807, 2.05) is 60.7 Å². The Morgan fingerprint density at radius 3 is 2.71 bits per heavy atom. The van der Waals surface area contributed by atoms with E-state index in [-0.39, 0.29) is 5.78 Å². The van der Waals surface area contributed by atoms with Gasteiger partial charge < -0.3 is 4.74 Å². The van der Waals surface area contributed by atoms with E-state index in [9.17, 15) is 4.79 Å². The zero-order valence-electron chi connectivity index (χ0n) is 16.9. The largest absolute Gasteiger partial charge is 0.497 e. The minimum atomic E-state index is 0.120. The third-order valence-corrected chi connectivity index (χ3v) is 6.16. The molecule has 0 atom stereocenters. The van der Waals surface area contributed by atoms with Crippen molar-refractivity contribution in [3.63, 3.8) is 0 Å². The van der Waals surface area contributed by atoms with E-state index >= 15 is 0 Å². The minimum Gasteiger partial charge on any atom is -0.497 e. The van der Waals surface area contributed by atoms with Crippen LogP contribution < -0.4 is 4.74 Å². The summed E-state index contributed by atoms with van der Waals surface area (Å²) in [6.07, 6.45) is 4.23. The SMILES string of the molecule is COc1ccc2nc(CC(=O)Cc3ccc(-c4ccnc5ccccc45)nc3)sc2c1. The predicted molar refractivity (Wildman–Crippen MR) is 124 cm³/mol. The van der Waals surface area contributed by atoms with Crippen molar-refractivity contribution in [1.29, 1.82) is 0 Å². The van der Waals surface area contributed by atoms with E-state index in [0.717, 1.165) is 48.7 Å². The lowest BCUT2D eigenvalue weighted by Crippen LogP contribution is -2.06. The number of aromatic nitrogens is 3. The van der Waals surface area contributed by atoms with Crippen LogP contribution in [0.4, 0.5) is 0 Å². The number of ketones is 1. The number of ether oxygens (including phenoxy) is 1. The molecule has 152 valence electrons. The van der Waals surface area contributed by atoms with Crippen molar-refractivity contribution in [3.05, 3.63) is 83.6 Å². The molecule has 2 aromatic carbocycles. The summed E-state index contributed by atoms with van der Waals surface area (Å²) in [5, 5.41) is 1.88. The second kappa shape index (κ2) is 8.24. The Hall–Kier alpha value is -3.64. The zero-order chi connectivity index (χ0) is 21.2. The number of hydrogen-bond acceptors (Lipinski definition) is 6. The van der Waals surface area contributed by atoms with Crippen molar-refractivity contribution in [3.8, 4) is 17.0 Å². The number of carbonyl (C=O) groups excluding carboxylic acids is 1. The van der Waals surface area contributed by atoms with Crippen molar-refractivity contribution in [1.82, 2.24) is 15.0 Å². The van der Waals surface area contributed by atoms with Crippen molar-refractivity contribution in [2.75, 3.05) is 7.11 Å². The van der Waals surface area contributed by atoms with Crippen LogP contribution in [0.1, 0.15) is 10.6 Å². The van der Waals surface area contributed by atoms with E-state index in [2.05, 4.69) is 15.0 Å². The molecule has 0 spiro atoms. The van der Waals surface area contributed by atoms with E-state index < -0.39 is 0 Å². The molecule has 5 nitrogen and oxygen atoms in total. The average molecular weight is 426 g/mol. The molecular weight excluding hydrogens is 406 g/mol. The molecule has 0 aliphatic carbocycles. The highest BCUT2D eigenvalue weighted by Crippen LogP contribution is 2.28. The number of rotatable bonds is 6. The lowest BCUT2D eigenvalue weighted by atomic mass is 10.0. The van der Waals surface area contributed by atoms with Gasteiger partial charge in [0.15, 0.2) is 0 Å². The van der Waals surface area contributed by atoms with Crippen LogP contribution in [0.15, 0.2) is 73.1 Å². The monoisotopic (exact) mass is 425 g/mol. The molecule has 0 aliphatic heterocycles. The molecule has 0 saturated heterocycles. The van der Waals surface area contributed by atoms with Gasteiger partial charge in [0.2, 0.25) is 0 Å². The number of carbonyl (C=O) groups is 1. The number of Topliss-reactive ketones (excluding diaryl/α,β-unsaturated/α-hetero) is 1. The summed E-state index contributed by atoms with van der Waals surface area (Å²) in [4.78, 5) is 26.2. The lowest BCUT2D eigenvalue weighted by molar-refractivity contribution is -0.117. The van der Waals surface area contributed by atoms with E-state index in [4.69, 9.17) is 4.74 Å². The summed E-state index contributed by atoms with van der Waals surface area (Å²) in [7, 11) is 1.64. The highest BCUT2D eigenvalue weighted by Gasteiger charge is 2.12. The van der Waals surface area contributed by atoms with Gasteiger partial charge in [-0.3, -0.25) is 14.8 Å². The second-order valence-electron chi connectivity index (χ2n) is 7.26. The van der Waals surface area contributed by atoms with E-state index in [1.54, 1.807) is 19.5 Å². The van der Waals surface area contributed by atoms with Crippen molar-refractivity contribution in [2.45, 2.75) is 12.8 Å². The first-order valence-corrected chi connectivity index (χ1v) is 10.8. The maximum Gasteiger partial charge on any atom is 0.144 e. The Labute approximate surface area is 183 Å². The van der Waals surface area contributed by atoms with Crippen LogP contribution in [0.25, 0.3) is 32.4 Å². The molecule has 3 heterocycles. The maximum atomic E-state index is 12.6. The summed E-state index contributed by atoms with van der Waals surface area (Å²) in [6, 6.07) is 19.7. The van der Waals surface area contributed by atoms with Gasteiger partial charge in [-0.25, -0.2) is 4.98 Å². The molecule has 0 unspecified atom stereocenters. The number of pyridine rings is 2. The maximum absolute atomic E-state index is 12.6. The van der Waals surface area contributed by atoms with Crippen LogP contribution in [0.2, 0.25) is 0 Å². The normalized spacial score (nSPS) is 11.1. The van der Waals surface area contributed by atoms with Gasteiger partial charge >= 0.3 is 0 Å². The number of methoxy groups -OCH3 is 1. The highest BCUT2D eigenvalue weighted by atomic mass is 32.1. The molecule has 5 aromatic rings. The number of para-hydroxylation sites is 1. The Morgan fingerprint density at radius 2 is 1.87 bits per heavy atom. The first kappa shape index (κ1) is 19.3. The van der Waals surface area contributed by atoms with Gasteiger partial charge in [0.1, 0.15) is 16.5 Å². The summed E-state index contributed by atoms with van der Waals surface area (Å²) >= 11 is 1.53. The van der Waals surface area contributed by atoms with Crippen molar-refractivity contribution in [2.24, 2.45) is 0 Å². The van der Waals surface area contributed by atoms with Crippen LogP contribution in [0, 0.1) is 0 Å². The molecule has 0 aliphatic rings. The fourth-order valence-electron chi connectivity index (χ4n) is 3.62. The van der Waals surface area contributed by atoms with Gasteiger partial charge in [-0.1, -0.05) is 24.3 Å². The molecule has 0 bridgehead atoms. The summed E-state index contributed by atoms with van der Waals surface area (Å²) in [5.41, 5.74) is 4.64. The molecule has 5 rings (SSSR count). The first-order valence-electron chi connectivity index (χ1n) is 9.94.